The fourth-order valence-corrected chi connectivity index (χ4v) is 12.3. The number of H-pyrrole nitrogens is 1. The number of aromatic nitrogens is 4. The Kier molecular flexibility index (Phi) is 17.9. The number of nitrogens with zero attached hydrogens (tertiary/aromatic N) is 7. The van der Waals surface area contributed by atoms with Gasteiger partial charge < -0.3 is 29.4 Å². The van der Waals surface area contributed by atoms with E-state index in [0.717, 1.165) is 95.4 Å². The second-order valence-corrected chi connectivity index (χ2v) is 24.9. The van der Waals surface area contributed by atoms with Crippen LogP contribution in [0.3, 0.4) is 0 Å². The summed E-state index contributed by atoms with van der Waals surface area (Å²) in [7, 11) is -7.09. The molecule has 2 saturated heterocycles. The van der Waals surface area contributed by atoms with Crippen molar-refractivity contribution in [1.29, 1.82) is 0 Å². The van der Waals surface area contributed by atoms with Crippen LogP contribution in [-0.4, -0.2) is 151 Å². The molecule has 4 saturated carbocycles. The van der Waals surface area contributed by atoms with Crippen molar-refractivity contribution in [3.8, 4) is 0 Å². The number of benzene rings is 2. The number of halogens is 2. The monoisotopic (exact) mass is 1050 g/mol. The second-order valence-electron chi connectivity index (χ2n) is 20.3. The lowest BCUT2D eigenvalue weighted by Gasteiger charge is -2.28. The molecule has 4 aliphatic carbocycles. The van der Waals surface area contributed by atoms with Crippen molar-refractivity contribution in [2.45, 2.75) is 100.0 Å². The van der Waals surface area contributed by atoms with E-state index in [1.165, 1.54) is 35.4 Å². The maximum atomic E-state index is 13.3. The van der Waals surface area contributed by atoms with Crippen molar-refractivity contribution in [2.75, 3.05) is 85.2 Å². The molecule has 3 N–H and O–H groups in total. The number of sulfone groups is 2. The Morgan fingerprint density at radius 2 is 1.14 bits per heavy atom. The van der Waals surface area contributed by atoms with Crippen LogP contribution in [0.25, 0.3) is 0 Å². The van der Waals surface area contributed by atoms with Crippen molar-refractivity contribution < 1.29 is 35.7 Å². The highest BCUT2D eigenvalue weighted by Crippen LogP contribution is 2.46. The third-order valence-electron chi connectivity index (χ3n) is 14.6. The van der Waals surface area contributed by atoms with E-state index in [1.54, 1.807) is 11.1 Å². The lowest BCUT2D eigenvalue weighted by Crippen LogP contribution is -2.44. The van der Waals surface area contributed by atoms with Gasteiger partial charge in [0.2, 0.25) is 0 Å². The molecule has 21 heteroatoms. The molecule has 2 aromatic carbocycles. The second kappa shape index (κ2) is 24.1. The summed E-state index contributed by atoms with van der Waals surface area (Å²) in [6, 6.07) is 14.7. The van der Waals surface area contributed by atoms with Crippen molar-refractivity contribution in [3.05, 3.63) is 141 Å². The van der Waals surface area contributed by atoms with Crippen LogP contribution in [0.5, 0.6) is 0 Å². The van der Waals surface area contributed by atoms with Gasteiger partial charge >= 0.3 is 7.12 Å². The van der Waals surface area contributed by atoms with Gasteiger partial charge in [-0.25, -0.2) is 35.6 Å². The molecule has 0 spiro atoms. The first-order valence-electron chi connectivity index (χ1n) is 25.7. The summed E-state index contributed by atoms with van der Waals surface area (Å²) in [6.07, 6.45) is 16.7. The number of aromatic amines is 1. The summed E-state index contributed by atoms with van der Waals surface area (Å²) in [5.41, 5.74) is 3.62. The molecule has 4 heterocycles. The van der Waals surface area contributed by atoms with Crippen LogP contribution < -0.4 is 20.9 Å². The fourth-order valence-electron chi connectivity index (χ4n) is 9.87. The van der Waals surface area contributed by atoms with Gasteiger partial charge in [-0.1, -0.05) is 49.3 Å². The third-order valence-corrected chi connectivity index (χ3v) is 17.8. The minimum Gasteiger partial charge on any atom is -0.427 e. The maximum absolute atomic E-state index is 13.3. The molecular formula is C52H69BF2N8O8S2. The van der Waals surface area contributed by atoms with Crippen LogP contribution in [0.15, 0.2) is 95.8 Å². The van der Waals surface area contributed by atoms with Crippen LogP contribution in [0.4, 0.5) is 20.4 Å². The Morgan fingerprint density at radius 1 is 0.685 bits per heavy atom. The predicted octanol–water partition coefficient (Wildman–Crippen LogP) is 4.67. The lowest BCUT2D eigenvalue weighted by atomic mass is 9.84. The minimum absolute atomic E-state index is 0.0471. The zero-order chi connectivity index (χ0) is 51.9. The molecule has 6 aliphatic rings. The Bertz CT molecular complexity index is 2860. The Morgan fingerprint density at radius 3 is 1.56 bits per heavy atom. The highest BCUT2D eigenvalue weighted by Gasteiger charge is 2.43. The van der Waals surface area contributed by atoms with Gasteiger partial charge in [-0.2, -0.15) is 0 Å². The molecule has 2 aliphatic heterocycles. The molecule has 10 rings (SSSR count). The first kappa shape index (κ1) is 54.2. The van der Waals surface area contributed by atoms with Crippen molar-refractivity contribution in [3.63, 3.8) is 0 Å². The molecule has 2 aromatic heterocycles. The van der Waals surface area contributed by atoms with E-state index in [0.29, 0.717) is 68.2 Å². The largest absolute Gasteiger partial charge is 0.454 e. The zero-order valence-electron chi connectivity index (χ0n) is 41.5. The Hall–Kier alpha value is -5.06. The van der Waals surface area contributed by atoms with Gasteiger partial charge in [0.25, 0.3) is 11.1 Å². The van der Waals surface area contributed by atoms with Crippen LogP contribution in [-0.2, 0) is 32.5 Å². The first-order valence-corrected chi connectivity index (χ1v) is 29.3. The lowest BCUT2D eigenvalue weighted by molar-refractivity contribution is 0.283. The zero-order valence-corrected chi connectivity index (χ0v) is 43.1. The number of hydrogen-bond acceptors (Lipinski definition) is 14. The summed E-state index contributed by atoms with van der Waals surface area (Å²) >= 11 is 0. The van der Waals surface area contributed by atoms with Crippen LogP contribution in [0, 0.1) is 11.6 Å². The SMILES string of the molecule is C=CCN(CCCc1c[nH]c(=O)c(N2CCS(=O)(=O)CC2)n1)[C@@H]1C[C@H]1c1ccc(F)cc1.C=CCN(CCCc1cn(C2CC2)c(=O)c(N2CCS(=O)(=O)CC2)n1)[C@@H]1C[C@H]1c1ccc(F)cc1.OB(O)C1CC1. The van der Waals surface area contributed by atoms with Gasteiger partial charge in [0.15, 0.2) is 31.3 Å². The molecule has 16 nitrogen and oxygen atoms in total. The summed E-state index contributed by atoms with van der Waals surface area (Å²) in [5, 5.41) is 16.5. The fraction of sp³-hybridized carbons (Fsp3) is 0.538. The normalized spacial score (nSPS) is 22.7. The van der Waals surface area contributed by atoms with Gasteiger partial charge in [-0.05, 0) is 106 Å². The van der Waals surface area contributed by atoms with E-state index in [4.69, 9.17) is 15.0 Å². The summed E-state index contributed by atoms with van der Waals surface area (Å²) in [4.78, 5) is 45.7. The highest BCUT2D eigenvalue weighted by molar-refractivity contribution is 7.91. The molecule has 394 valence electrons. The number of anilines is 2. The standard InChI is InChI=1S/C26H33FN4O3S.C23H29FN4O3S.C3H7BO2/c1-2-11-29(24-17-23(24)19-5-7-20(27)8-6-19)12-3-4-21-18-31(22-9-10-22)26(32)25(28-21)30-13-15-35(33,34)16-14-30;1-2-9-27(21-15-20(21)17-5-7-18(24)8-6-17)10-3-4-19-16-25-23(29)22(26-19)28-11-13-32(30,31)14-12-28;5-4(6)3-1-2-3/h2,5-8,18,22-24H,1,3-4,9-17H2;2,5-8,16,20-21H,1,3-4,9-15H2,(H,25,29);3,5-6H,1-2H2/t23-,24+;20-,21+;/m00./s1. The van der Waals surface area contributed by atoms with Gasteiger partial charge in [0.05, 0.1) is 34.4 Å². The van der Waals surface area contributed by atoms with Crippen LogP contribution in [0.2, 0.25) is 5.82 Å². The number of hydrogen-bond donors (Lipinski definition) is 3. The van der Waals surface area contributed by atoms with Crippen molar-refractivity contribution in [1.82, 2.24) is 29.3 Å². The summed E-state index contributed by atoms with van der Waals surface area (Å²) in [5.74, 6) is 1.55. The smallest absolute Gasteiger partial charge is 0.427 e. The van der Waals surface area contributed by atoms with Gasteiger partial charge in [-0.15, -0.1) is 13.2 Å². The van der Waals surface area contributed by atoms with Crippen LogP contribution in [0.1, 0.15) is 91.8 Å². The third kappa shape index (κ3) is 15.3. The molecule has 4 aromatic rings. The average Bonchev–Trinajstić information content (AvgIpc) is 4.14. The van der Waals surface area contributed by atoms with Gasteiger partial charge in [0.1, 0.15) is 11.6 Å². The molecular weight excluding hydrogens is 978 g/mol. The number of aryl methyl sites for hydroxylation is 2. The maximum Gasteiger partial charge on any atom is 0.454 e. The summed E-state index contributed by atoms with van der Waals surface area (Å²) < 4.78 is 75.3. The van der Waals surface area contributed by atoms with E-state index < -0.39 is 26.8 Å². The molecule has 0 unspecified atom stereocenters. The highest BCUT2D eigenvalue weighted by atomic mass is 32.2. The average molecular weight is 1050 g/mol. The van der Waals surface area contributed by atoms with Crippen LogP contribution >= 0.6 is 0 Å². The van der Waals surface area contributed by atoms with E-state index in [9.17, 15) is 35.2 Å². The Labute approximate surface area is 427 Å². The minimum atomic E-state index is -3.03. The van der Waals surface area contributed by atoms with Crippen molar-refractivity contribution in [2.24, 2.45) is 0 Å². The summed E-state index contributed by atoms with van der Waals surface area (Å²) in [6.45, 7) is 12.4. The van der Waals surface area contributed by atoms with E-state index in [-0.39, 0.29) is 57.6 Å². The molecule has 73 heavy (non-hydrogen) atoms. The molecule has 0 amide bonds. The topological polar surface area (TPSA) is 202 Å². The number of rotatable bonds is 20. The van der Waals surface area contributed by atoms with E-state index in [1.807, 2.05) is 52.1 Å². The van der Waals surface area contributed by atoms with E-state index in [2.05, 4.69) is 32.9 Å². The molecule has 4 atom stereocenters. The molecule has 6 fully saturated rings. The molecule has 0 radical (unpaired) electrons. The van der Waals surface area contributed by atoms with Gasteiger partial charge in [0, 0.05) is 81.6 Å². The molecule has 0 bridgehead atoms. The van der Waals surface area contributed by atoms with Crippen molar-refractivity contribution >= 4 is 38.4 Å². The van der Waals surface area contributed by atoms with Gasteiger partial charge in [-0.3, -0.25) is 19.4 Å². The quantitative estimate of drug-likeness (QED) is 0.0814. The predicted molar refractivity (Wildman–Crippen MR) is 282 cm³/mol. The number of nitrogens with one attached hydrogen (secondary N) is 1. The first-order chi connectivity index (χ1) is 35.0. The van der Waals surface area contributed by atoms with E-state index >= 15 is 0 Å². The Balaban J connectivity index is 0.000000175.